The molecule has 0 fully saturated rings. The topological polar surface area (TPSA) is 57.6 Å². The molecule has 3 rings (SSSR count). The first-order valence-corrected chi connectivity index (χ1v) is 6.77. The number of carboxylic acid groups (broad SMARTS) is 1. The first-order valence-electron chi connectivity index (χ1n) is 6.39. The predicted molar refractivity (Wildman–Crippen MR) is 74.4 cm³/mol. The number of fused-ring (bicyclic) bond motifs is 1. The van der Waals surface area contributed by atoms with Crippen LogP contribution in [0.2, 0.25) is 0 Å². The fourth-order valence-electron chi connectivity index (χ4n) is 2.71. The highest BCUT2D eigenvalue weighted by Crippen LogP contribution is 2.38. The van der Waals surface area contributed by atoms with Crippen LogP contribution < -0.4 is 0 Å². The molecule has 0 radical (unpaired) electrons. The van der Waals surface area contributed by atoms with Gasteiger partial charge >= 0.3 is 5.97 Å². The van der Waals surface area contributed by atoms with Crippen molar-refractivity contribution in [3.8, 4) is 0 Å². The molecule has 0 saturated carbocycles. The summed E-state index contributed by atoms with van der Waals surface area (Å²) in [6.45, 7) is 0.432. The second kappa shape index (κ2) is 5.00. The lowest BCUT2D eigenvalue weighted by Crippen LogP contribution is -2.35. The number of allylic oxidation sites excluding steroid dienone is 1. The molecular weight excluding hydrogens is 297 g/mol. The maximum Gasteiger partial charge on any atom is 0.333 e. The van der Waals surface area contributed by atoms with Gasteiger partial charge in [0.05, 0.1) is 10.6 Å². The van der Waals surface area contributed by atoms with Crippen LogP contribution in [0.25, 0.3) is 0 Å². The van der Waals surface area contributed by atoms with E-state index in [2.05, 4.69) is 0 Å². The summed E-state index contributed by atoms with van der Waals surface area (Å²) < 4.78 is 12.9. The van der Waals surface area contributed by atoms with Gasteiger partial charge in [-0.15, -0.1) is 0 Å². The van der Waals surface area contributed by atoms with E-state index in [1.54, 1.807) is 4.90 Å². The average Bonchev–Trinajstić information content (AvgIpc) is 2.96. The van der Waals surface area contributed by atoms with Crippen LogP contribution >= 0.6 is 11.6 Å². The molecule has 0 aromatic heterocycles. The summed E-state index contributed by atoms with van der Waals surface area (Å²) in [6.07, 6.45) is 1.91. The fourth-order valence-corrected chi connectivity index (χ4v) is 3.03. The van der Waals surface area contributed by atoms with E-state index in [-0.39, 0.29) is 16.4 Å². The Kier molecular flexibility index (Phi) is 3.29. The molecule has 1 N–H and O–H groups in total. The second-order valence-corrected chi connectivity index (χ2v) is 5.35. The van der Waals surface area contributed by atoms with Crippen LogP contribution in [-0.2, 0) is 4.79 Å². The largest absolute Gasteiger partial charge is 0.478 e. The number of Topliss-reactive ketones (excluding diaryl/α,β-unsaturated/α-hetero) is 1. The van der Waals surface area contributed by atoms with Gasteiger partial charge in [0, 0.05) is 17.8 Å². The van der Waals surface area contributed by atoms with Crippen molar-refractivity contribution in [2.75, 3.05) is 6.54 Å². The van der Waals surface area contributed by atoms with Gasteiger partial charge in [-0.05, 0) is 36.8 Å². The number of nitrogens with zero attached hydrogens (tertiary/aromatic N) is 1. The summed E-state index contributed by atoms with van der Waals surface area (Å²) in [5.41, 5.74) is 1.11. The summed E-state index contributed by atoms with van der Waals surface area (Å²) >= 11 is 6.12. The summed E-state index contributed by atoms with van der Waals surface area (Å²) in [5, 5.41) is 9.43. The molecule has 1 unspecified atom stereocenters. The van der Waals surface area contributed by atoms with E-state index in [1.807, 2.05) is 0 Å². The van der Waals surface area contributed by atoms with Crippen molar-refractivity contribution < 1.29 is 19.1 Å². The number of rotatable bonds is 3. The second-order valence-electron chi connectivity index (χ2n) is 4.92. The first-order chi connectivity index (χ1) is 9.99. The third kappa shape index (κ3) is 2.23. The van der Waals surface area contributed by atoms with Crippen molar-refractivity contribution in [1.29, 1.82) is 0 Å². The number of carboxylic acids is 1. The molecule has 2 aliphatic rings. The molecule has 4 nitrogen and oxygen atoms in total. The van der Waals surface area contributed by atoms with Crippen LogP contribution in [0.1, 0.15) is 16.8 Å². The minimum Gasteiger partial charge on any atom is -0.478 e. The number of hydrogen-bond donors (Lipinski definition) is 1. The number of halogens is 2. The molecule has 0 spiro atoms. The predicted octanol–water partition coefficient (Wildman–Crippen LogP) is 2.56. The van der Waals surface area contributed by atoms with Gasteiger partial charge in [0.15, 0.2) is 5.78 Å². The Hall–Kier alpha value is -2.14. The monoisotopic (exact) mass is 307 g/mol. The molecule has 0 bridgehead atoms. The van der Waals surface area contributed by atoms with Crippen molar-refractivity contribution in [1.82, 2.24) is 4.90 Å². The first kappa shape index (κ1) is 13.8. The molecule has 2 aliphatic heterocycles. The number of ketones is 1. The molecule has 21 heavy (non-hydrogen) atoms. The molecule has 0 saturated heterocycles. The Balaban J connectivity index is 1.94. The van der Waals surface area contributed by atoms with E-state index in [0.29, 0.717) is 24.2 Å². The summed E-state index contributed by atoms with van der Waals surface area (Å²) in [7, 11) is 0. The van der Waals surface area contributed by atoms with Crippen molar-refractivity contribution in [2.24, 2.45) is 0 Å². The van der Waals surface area contributed by atoms with Crippen LogP contribution in [0, 0.1) is 5.82 Å². The van der Waals surface area contributed by atoms with E-state index in [9.17, 15) is 14.0 Å². The van der Waals surface area contributed by atoms with Crippen molar-refractivity contribution in [3.63, 3.8) is 0 Å². The Bertz CT molecular complexity index is 693. The lowest BCUT2D eigenvalue weighted by molar-refractivity contribution is -0.132. The van der Waals surface area contributed by atoms with Crippen LogP contribution in [0.15, 0.2) is 46.6 Å². The van der Waals surface area contributed by atoms with Crippen LogP contribution in [0.3, 0.4) is 0 Å². The number of hydrogen-bond acceptors (Lipinski definition) is 3. The van der Waals surface area contributed by atoms with Gasteiger partial charge < -0.3 is 10.0 Å². The lowest BCUT2D eigenvalue weighted by atomic mass is 10.0. The Morgan fingerprint density at radius 3 is 2.57 bits per heavy atom. The number of carbonyl (C=O) groups is 2. The van der Waals surface area contributed by atoms with E-state index in [4.69, 9.17) is 16.7 Å². The Labute approximate surface area is 125 Å². The van der Waals surface area contributed by atoms with Gasteiger partial charge in [-0.1, -0.05) is 11.6 Å². The number of aliphatic carboxylic acids is 1. The summed E-state index contributed by atoms with van der Waals surface area (Å²) in [4.78, 5) is 25.4. The third-order valence-corrected chi connectivity index (χ3v) is 4.02. The Morgan fingerprint density at radius 2 is 1.95 bits per heavy atom. The third-order valence-electron chi connectivity index (χ3n) is 3.70. The molecule has 0 amide bonds. The molecule has 1 aromatic carbocycles. The zero-order valence-corrected chi connectivity index (χ0v) is 11.6. The molecular formula is C15H11ClFNO3. The molecule has 1 atom stereocenters. The van der Waals surface area contributed by atoms with E-state index < -0.39 is 17.8 Å². The van der Waals surface area contributed by atoms with Crippen LogP contribution in [0.4, 0.5) is 4.39 Å². The van der Waals surface area contributed by atoms with Crippen LogP contribution in [0.5, 0.6) is 0 Å². The smallest absolute Gasteiger partial charge is 0.333 e. The highest BCUT2D eigenvalue weighted by Gasteiger charge is 2.40. The van der Waals surface area contributed by atoms with E-state index in [0.717, 1.165) is 0 Å². The minimum absolute atomic E-state index is 0.266. The lowest BCUT2D eigenvalue weighted by Gasteiger charge is -2.23. The zero-order chi connectivity index (χ0) is 15.1. The molecule has 1 aromatic rings. The van der Waals surface area contributed by atoms with Crippen molar-refractivity contribution in [3.05, 3.63) is 58.0 Å². The minimum atomic E-state index is -0.997. The maximum atomic E-state index is 12.9. The van der Waals surface area contributed by atoms with Gasteiger partial charge in [-0.2, -0.15) is 0 Å². The standard InChI is InChI=1S/C15H11ClFNO3/c16-11-7-12-10(15(20)21)5-6-18(12)13(11)14(19)8-1-3-9(17)4-2-8/h1-4,7,13H,5-6H2,(H,20,21). The SMILES string of the molecule is O=C(O)C1=C2C=C(Cl)C(C(=O)c3ccc(F)cc3)N2CC1. The van der Waals surface area contributed by atoms with Gasteiger partial charge in [-0.25, -0.2) is 9.18 Å². The van der Waals surface area contributed by atoms with Crippen LogP contribution in [-0.4, -0.2) is 34.3 Å². The van der Waals surface area contributed by atoms with E-state index >= 15 is 0 Å². The number of benzene rings is 1. The van der Waals surface area contributed by atoms with Gasteiger partial charge in [-0.3, -0.25) is 4.79 Å². The van der Waals surface area contributed by atoms with Crippen molar-refractivity contribution >= 4 is 23.4 Å². The maximum absolute atomic E-state index is 12.9. The molecule has 6 heteroatoms. The van der Waals surface area contributed by atoms with Gasteiger partial charge in [0.25, 0.3) is 0 Å². The quantitative estimate of drug-likeness (QED) is 0.872. The zero-order valence-electron chi connectivity index (χ0n) is 10.8. The van der Waals surface area contributed by atoms with Gasteiger partial charge in [0.2, 0.25) is 0 Å². The van der Waals surface area contributed by atoms with Gasteiger partial charge in [0.1, 0.15) is 11.9 Å². The Morgan fingerprint density at radius 1 is 1.29 bits per heavy atom. The molecule has 0 aliphatic carbocycles. The number of carbonyl (C=O) groups excluding carboxylic acids is 1. The average molecular weight is 308 g/mol. The normalized spacial score (nSPS) is 20.6. The summed E-state index contributed by atoms with van der Waals surface area (Å²) in [5.74, 6) is -1.68. The van der Waals surface area contributed by atoms with Crippen molar-refractivity contribution in [2.45, 2.75) is 12.5 Å². The summed E-state index contributed by atoms with van der Waals surface area (Å²) in [6, 6.07) is 4.51. The van der Waals surface area contributed by atoms with E-state index in [1.165, 1.54) is 30.3 Å². The molecule has 108 valence electrons. The molecule has 2 heterocycles. The highest BCUT2D eigenvalue weighted by molar-refractivity contribution is 6.33. The fraction of sp³-hybridized carbons (Fsp3) is 0.200. The highest BCUT2D eigenvalue weighted by atomic mass is 35.5.